The monoisotopic (exact) mass is 378 g/mol. The van der Waals surface area contributed by atoms with Crippen LogP contribution in [0.5, 0.6) is 0 Å². The zero-order chi connectivity index (χ0) is 19.5. The molecule has 3 aromatic rings. The number of hydrogen-bond donors (Lipinski definition) is 2. The number of aryl methyl sites for hydroxylation is 1. The van der Waals surface area contributed by atoms with Gasteiger partial charge in [0.25, 0.3) is 0 Å². The summed E-state index contributed by atoms with van der Waals surface area (Å²) in [5.74, 6) is 0.776. The molecule has 0 bridgehead atoms. The summed E-state index contributed by atoms with van der Waals surface area (Å²) in [6.07, 6.45) is 2.78. The summed E-state index contributed by atoms with van der Waals surface area (Å²) in [7, 11) is 0. The zero-order valence-electron chi connectivity index (χ0n) is 16.4. The molecule has 0 unspecified atom stereocenters. The molecule has 3 heterocycles. The van der Waals surface area contributed by atoms with E-state index in [2.05, 4.69) is 31.2 Å². The highest BCUT2D eigenvalue weighted by molar-refractivity contribution is 5.76. The first-order valence-electron chi connectivity index (χ1n) is 9.78. The smallest absolute Gasteiger partial charge is 0.318 e. The van der Waals surface area contributed by atoms with E-state index in [1.165, 1.54) is 5.69 Å². The summed E-state index contributed by atoms with van der Waals surface area (Å²) >= 11 is 0. The largest absolute Gasteiger partial charge is 0.370 e. The second-order valence-electron chi connectivity index (χ2n) is 7.29. The van der Waals surface area contributed by atoms with Gasteiger partial charge in [-0.25, -0.2) is 9.78 Å². The van der Waals surface area contributed by atoms with Gasteiger partial charge >= 0.3 is 6.03 Å². The van der Waals surface area contributed by atoms with Gasteiger partial charge in [-0.05, 0) is 44.5 Å². The number of fused-ring (bicyclic) bond motifs is 1. The van der Waals surface area contributed by atoms with E-state index in [9.17, 15) is 4.79 Å². The third-order valence-electron chi connectivity index (χ3n) is 5.19. The van der Waals surface area contributed by atoms with Crippen LogP contribution in [0.15, 0.2) is 42.6 Å². The number of aromatic nitrogens is 3. The summed E-state index contributed by atoms with van der Waals surface area (Å²) in [4.78, 5) is 29.2. The van der Waals surface area contributed by atoms with Crippen LogP contribution >= 0.6 is 0 Å². The van der Waals surface area contributed by atoms with E-state index in [1.54, 1.807) is 0 Å². The molecule has 1 aromatic carbocycles. The lowest BCUT2D eigenvalue weighted by atomic mass is 10.3. The predicted molar refractivity (Wildman–Crippen MR) is 110 cm³/mol. The van der Waals surface area contributed by atoms with Gasteiger partial charge in [0.15, 0.2) is 0 Å². The molecule has 28 heavy (non-hydrogen) atoms. The first kappa shape index (κ1) is 18.3. The van der Waals surface area contributed by atoms with Gasteiger partial charge in [-0.1, -0.05) is 12.1 Å². The number of nitrogens with zero attached hydrogens (tertiary/aromatic N) is 4. The number of carbonyl (C=O) groups excluding carboxylic acids is 1. The molecule has 0 saturated carbocycles. The number of nitrogens with one attached hydrogen (secondary N) is 2. The number of hydrogen-bond acceptors (Lipinski definition) is 4. The lowest BCUT2D eigenvalue weighted by Gasteiger charge is -2.25. The fourth-order valence-electron chi connectivity index (χ4n) is 3.63. The Hall–Kier alpha value is -3.09. The number of para-hydroxylation sites is 2. The van der Waals surface area contributed by atoms with E-state index in [4.69, 9.17) is 0 Å². The molecule has 1 atom stereocenters. The maximum Gasteiger partial charge on any atom is 0.318 e. The van der Waals surface area contributed by atoms with Crippen molar-refractivity contribution >= 4 is 22.8 Å². The number of aromatic amines is 1. The molecule has 7 heteroatoms. The maximum absolute atomic E-state index is 12.8. The Morgan fingerprint density at radius 2 is 2.04 bits per heavy atom. The third-order valence-corrected chi connectivity index (χ3v) is 5.19. The number of benzene rings is 1. The number of anilines is 1. The summed E-state index contributed by atoms with van der Waals surface area (Å²) in [5, 5.41) is 3.08. The van der Waals surface area contributed by atoms with E-state index >= 15 is 0 Å². The van der Waals surface area contributed by atoms with Crippen molar-refractivity contribution in [1.82, 2.24) is 25.2 Å². The number of pyridine rings is 1. The van der Waals surface area contributed by atoms with Crippen molar-refractivity contribution in [2.24, 2.45) is 0 Å². The molecule has 1 fully saturated rings. The van der Waals surface area contributed by atoms with Gasteiger partial charge in [0.05, 0.1) is 17.1 Å². The van der Waals surface area contributed by atoms with E-state index in [0.29, 0.717) is 6.54 Å². The summed E-state index contributed by atoms with van der Waals surface area (Å²) in [6.45, 7) is 7.15. The van der Waals surface area contributed by atoms with Crippen molar-refractivity contribution in [3.8, 4) is 0 Å². The predicted octanol–water partition coefficient (Wildman–Crippen LogP) is 3.25. The topological polar surface area (TPSA) is 77.1 Å². The highest BCUT2D eigenvalue weighted by Crippen LogP contribution is 2.18. The van der Waals surface area contributed by atoms with Crippen molar-refractivity contribution in [2.45, 2.75) is 26.3 Å². The molecule has 4 rings (SSSR count). The van der Waals surface area contributed by atoms with Crippen LogP contribution in [-0.2, 0) is 0 Å². The molecule has 2 amide bonds. The number of amides is 2. The number of imidazole rings is 1. The minimum Gasteiger partial charge on any atom is -0.370 e. The number of H-pyrrole nitrogens is 1. The molecule has 0 aliphatic carbocycles. The Balaban J connectivity index is 1.38. The lowest BCUT2D eigenvalue weighted by Crippen LogP contribution is -2.43. The van der Waals surface area contributed by atoms with E-state index < -0.39 is 0 Å². The Bertz CT molecular complexity index is 935. The molecule has 0 spiro atoms. The second kappa shape index (κ2) is 7.88. The fraction of sp³-hybridized carbons (Fsp3) is 0.381. The van der Waals surface area contributed by atoms with Gasteiger partial charge in [-0.3, -0.25) is 4.98 Å². The van der Waals surface area contributed by atoms with Crippen molar-refractivity contribution in [3.05, 3.63) is 54.1 Å². The molecular formula is C21H26N6O. The molecule has 7 nitrogen and oxygen atoms in total. The van der Waals surface area contributed by atoms with Crippen molar-refractivity contribution in [1.29, 1.82) is 0 Å². The minimum atomic E-state index is -0.179. The Labute approximate surface area is 164 Å². The van der Waals surface area contributed by atoms with Gasteiger partial charge in [0.2, 0.25) is 0 Å². The van der Waals surface area contributed by atoms with Crippen LogP contribution in [0.3, 0.4) is 0 Å². The van der Waals surface area contributed by atoms with Gasteiger partial charge in [-0.15, -0.1) is 0 Å². The number of carbonyl (C=O) groups is 1. The van der Waals surface area contributed by atoms with Crippen LogP contribution in [0, 0.1) is 6.92 Å². The van der Waals surface area contributed by atoms with E-state index in [1.807, 2.05) is 55.3 Å². The van der Waals surface area contributed by atoms with E-state index in [0.717, 1.165) is 48.6 Å². The Kier molecular flexibility index (Phi) is 5.14. The van der Waals surface area contributed by atoms with Crippen LogP contribution in [-0.4, -0.2) is 52.1 Å². The van der Waals surface area contributed by atoms with Crippen LogP contribution in [0.4, 0.5) is 10.5 Å². The molecule has 1 aliphatic heterocycles. The Morgan fingerprint density at radius 3 is 2.86 bits per heavy atom. The van der Waals surface area contributed by atoms with Crippen LogP contribution in [0.2, 0.25) is 0 Å². The number of urea groups is 1. The zero-order valence-corrected chi connectivity index (χ0v) is 16.4. The van der Waals surface area contributed by atoms with Crippen molar-refractivity contribution in [3.63, 3.8) is 0 Å². The first-order valence-corrected chi connectivity index (χ1v) is 9.78. The maximum atomic E-state index is 12.8. The standard InChI is InChI=1S/C21H26N6O/c1-15-14-17(8-9-22-15)26-10-5-11-27(13-12-26)21(28)23-16(2)20-24-18-6-3-4-7-19(18)25-20/h3-4,6-9,14,16H,5,10-13H2,1-2H3,(H,23,28)(H,24,25)/t16-/m0/s1. The summed E-state index contributed by atoms with van der Waals surface area (Å²) in [5.41, 5.74) is 4.08. The van der Waals surface area contributed by atoms with Crippen molar-refractivity contribution in [2.75, 3.05) is 31.1 Å². The second-order valence-corrected chi connectivity index (χ2v) is 7.29. The van der Waals surface area contributed by atoms with Gasteiger partial charge in [0.1, 0.15) is 5.82 Å². The van der Waals surface area contributed by atoms with Crippen molar-refractivity contribution < 1.29 is 4.79 Å². The quantitative estimate of drug-likeness (QED) is 0.733. The molecule has 1 aliphatic rings. The van der Waals surface area contributed by atoms with Gasteiger partial charge < -0.3 is 20.1 Å². The summed E-state index contributed by atoms with van der Waals surface area (Å²) in [6, 6.07) is 11.8. The van der Waals surface area contributed by atoms with Crippen LogP contribution in [0.25, 0.3) is 11.0 Å². The normalized spacial score (nSPS) is 16.1. The molecule has 0 radical (unpaired) electrons. The SMILES string of the molecule is Cc1cc(N2CCCN(C(=O)N[C@@H](C)c3nc4ccccc4[nH]3)CC2)ccn1. The van der Waals surface area contributed by atoms with Gasteiger partial charge in [-0.2, -0.15) is 0 Å². The first-order chi connectivity index (χ1) is 13.6. The van der Waals surface area contributed by atoms with Crippen LogP contribution in [0.1, 0.15) is 30.9 Å². The molecule has 146 valence electrons. The highest BCUT2D eigenvalue weighted by atomic mass is 16.2. The average molecular weight is 378 g/mol. The van der Waals surface area contributed by atoms with Crippen LogP contribution < -0.4 is 10.2 Å². The number of rotatable bonds is 3. The molecule has 2 aromatic heterocycles. The molecular weight excluding hydrogens is 352 g/mol. The lowest BCUT2D eigenvalue weighted by molar-refractivity contribution is 0.197. The van der Waals surface area contributed by atoms with Gasteiger partial charge in [0, 0.05) is 43.8 Å². The average Bonchev–Trinajstić information content (AvgIpc) is 2.97. The molecule has 1 saturated heterocycles. The Morgan fingerprint density at radius 1 is 1.18 bits per heavy atom. The molecule has 2 N–H and O–H groups in total. The van der Waals surface area contributed by atoms with E-state index in [-0.39, 0.29) is 12.1 Å². The minimum absolute atomic E-state index is 0.0410. The third kappa shape index (κ3) is 3.93. The summed E-state index contributed by atoms with van der Waals surface area (Å²) < 4.78 is 0. The highest BCUT2D eigenvalue weighted by Gasteiger charge is 2.22. The fourth-order valence-corrected chi connectivity index (χ4v) is 3.63.